The molecule has 20 heavy (non-hydrogen) atoms. The van der Waals surface area contributed by atoms with Crippen molar-refractivity contribution in [3.05, 3.63) is 59.5 Å². The van der Waals surface area contributed by atoms with Crippen LogP contribution in [-0.4, -0.2) is 6.04 Å². The van der Waals surface area contributed by atoms with Gasteiger partial charge in [0.2, 0.25) is 0 Å². The maximum absolute atomic E-state index is 5.56. The average molecular weight is 269 g/mol. The topological polar surface area (TPSA) is 25.2 Å². The Bertz CT molecular complexity index is 531. The smallest absolute Gasteiger partial charge is 0.108 e. The molecular weight excluding hydrogens is 246 g/mol. The number of nitrogens with one attached hydrogen (secondary N) is 1. The fourth-order valence-corrected chi connectivity index (χ4v) is 3.11. The van der Waals surface area contributed by atoms with Gasteiger partial charge in [-0.3, -0.25) is 0 Å². The molecule has 1 aromatic heterocycles. The van der Waals surface area contributed by atoms with Crippen molar-refractivity contribution >= 4 is 0 Å². The zero-order valence-corrected chi connectivity index (χ0v) is 12.1. The average Bonchev–Trinajstić information content (AvgIpc) is 2.96. The third-order valence-electron chi connectivity index (χ3n) is 4.25. The molecule has 2 atom stereocenters. The normalized spacial score (nSPS) is 19.6. The Morgan fingerprint density at radius 3 is 2.95 bits per heavy atom. The van der Waals surface area contributed by atoms with Crippen molar-refractivity contribution in [3.8, 4) is 0 Å². The lowest BCUT2D eigenvalue weighted by atomic mass is 9.92. The first-order valence-corrected chi connectivity index (χ1v) is 7.69. The molecule has 0 saturated carbocycles. The van der Waals surface area contributed by atoms with Crippen LogP contribution in [0.4, 0.5) is 0 Å². The Morgan fingerprint density at radius 2 is 2.10 bits per heavy atom. The minimum atomic E-state index is 0.475. The van der Waals surface area contributed by atoms with E-state index in [2.05, 4.69) is 48.6 Å². The number of hydrogen-bond acceptors (Lipinski definition) is 2. The highest BCUT2D eigenvalue weighted by Crippen LogP contribution is 2.30. The van der Waals surface area contributed by atoms with Crippen LogP contribution in [0.5, 0.6) is 0 Å². The lowest BCUT2D eigenvalue weighted by Crippen LogP contribution is -2.32. The number of fused-ring (bicyclic) bond motifs is 1. The van der Waals surface area contributed by atoms with Crippen molar-refractivity contribution < 1.29 is 4.42 Å². The molecule has 1 aromatic carbocycles. The molecule has 2 aromatic rings. The van der Waals surface area contributed by atoms with E-state index in [1.165, 1.54) is 36.1 Å². The van der Waals surface area contributed by atoms with Gasteiger partial charge in [0.25, 0.3) is 0 Å². The van der Waals surface area contributed by atoms with Crippen LogP contribution in [0.15, 0.2) is 47.1 Å². The van der Waals surface area contributed by atoms with Gasteiger partial charge in [-0.1, -0.05) is 30.3 Å². The Hall–Kier alpha value is -1.54. The fraction of sp³-hybridized carbons (Fsp3) is 0.444. The van der Waals surface area contributed by atoms with E-state index in [1.54, 1.807) is 0 Å². The van der Waals surface area contributed by atoms with Crippen LogP contribution in [0.25, 0.3) is 0 Å². The number of furan rings is 1. The summed E-state index contributed by atoms with van der Waals surface area (Å²) in [6, 6.07) is 13.9. The summed E-state index contributed by atoms with van der Waals surface area (Å²) >= 11 is 0. The minimum Gasteiger partial charge on any atom is -0.469 e. The molecule has 0 spiro atoms. The monoisotopic (exact) mass is 269 g/mol. The molecule has 0 fully saturated rings. The van der Waals surface area contributed by atoms with Crippen molar-refractivity contribution in [2.45, 2.75) is 51.1 Å². The molecule has 3 rings (SSSR count). The van der Waals surface area contributed by atoms with Crippen LogP contribution in [0.1, 0.15) is 49.1 Å². The van der Waals surface area contributed by atoms with Crippen LogP contribution in [-0.2, 0) is 12.8 Å². The van der Waals surface area contributed by atoms with Gasteiger partial charge in [0.1, 0.15) is 5.76 Å². The van der Waals surface area contributed by atoms with E-state index in [1.807, 2.05) is 6.26 Å². The van der Waals surface area contributed by atoms with E-state index in [0.29, 0.717) is 12.1 Å². The fourth-order valence-electron chi connectivity index (χ4n) is 3.11. The number of benzene rings is 1. The highest BCUT2D eigenvalue weighted by molar-refractivity contribution is 5.24. The Labute approximate surface area is 121 Å². The van der Waals surface area contributed by atoms with Crippen LogP contribution in [0.2, 0.25) is 0 Å². The van der Waals surface area contributed by atoms with Gasteiger partial charge in [-0.25, -0.2) is 0 Å². The zero-order valence-electron chi connectivity index (χ0n) is 12.1. The predicted octanol–water partition coefficient (Wildman–Crippen LogP) is 4.27. The third-order valence-corrected chi connectivity index (χ3v) is 4.25. The second kappa shape index (κ2) is 6.27. The molecule has 1 N–H and O–H groups in total. The van der Waals surface area contributed by atoms with Gasteiger partial charge in [-0.2, -0.15) is 0 Å². The third kappa shape index (κ3) is 3.13. The minimum absolute atomic E-state index is 0.475. The van der Waals surface area contributed by atoms with Gasteiger partial charge in [-0.15, -0.1) is 0 Å². The van der Waals surface area contributed by atoms with E-state index in [0.717, 1.165) is 12.8 Å². The number of rotatable bonds is 5. The standard InChI is InChI=1S/C18H23NO/c1-14(10-11-15-6-3-2-4-7-15)19-17-8-5-9-18-16(17)12-13-20-18/h2-4,6-7,12-14,17,19H,5,8-11H2,1H3. The van der Waals surface area contributed by atoms with Gasteiger partial charge in [0.05, 0.1) is 6.26 Å². The molecule has 0 aliphatic heterocycles. The summed E-state index contributed by atoms with van der Waals surface area (Å²) in [6.45, 7) is 2.29. The summed E-state index contributed by atoms with van der Waals surface area (Å²) in [6.07, 6.45) is 7.69. The van der Waals surface area contributed by atoms with Gasteiger partial charge in [0.15, 0.2) is 0 Å². The largest absolute Gasteiger partial charge is 0.469 e. The summed E-state index contributed by atoms with van der Waals surface area (Å²) in [5.41, 5.74) is 2.80. The van der Waals surface area contributed by atoms with Gasteiger partial charge in [-0.05, 0) is 44.2 Å². The first-order valence-electron chi connectivity index (χ1n) is 7.69. The highest BCUT2D eigenvalue weighted by Gasteiger charge is 2.23. The first-order chi connectivity index (χ1) is 9.83. The molecule has 106 valence electrons. The maximum atomic E-state index is 5.56. The van der Waals surface area contributed by atoms with Crippen molar-refractivity contribution in [2.75, 3.05) is 0 Å². The molecule has 1 aliphatic rings. The molecule has 1 heterocycles. The van der Waals surface area contributed by atoms with E-state index < -0.39 is 0 Å². The van der Waals surface area contributed by atoms with E-state index in [4.69, 9.17) is 4.42 Å². The molecule has 0 radical (unpaired) electrons. The number of hydrogen-bond donors (Lipinski definition) is 1. The van der Waals surface area contributed by atoms with Crippen molar-refractivity contribution in [3.63, 3.8) is 0 Å². The van der Waals surface area contributed by atoms with Crippen LogP contribution in [0.3, 0.4) is 0 Å². The first kappa shape index (κ1) is 13.4. The molecule has 0 bridgehead atoms. The number of aryl methyl sites for hydroxylation is 2. The molecular formula is C18H23NO. The summed E-state index contributed by atoms with van der Waals surface area (Å²) in [7, 11) is 0. The van der Waals surface area contributed by atoms with Gasteiger partial charge < -0.3 is 9.73 Å². The predicted molar refractivity (Wildman–Crippen MR) is 81.7 cm³/mol. The Kier molecular flexibility index (Phi) is 4.22. The van der Waals surface area contributed by atoms with Crippen molar-refractivity contribution in [1.82, 2.24) is 5.32 Å². The molecule has 2 unspecified atom stereocenters. The summed E-state index contributed by atoms with van der Waals surface area (Å²) < 4.78 is 5.56. The second-order valence-corrected chi connectivity index (χ2v) is 5.84. The second-order valence-electron chi connectivity index (χ2n) is 5.84. The van der Waals surface area contributed by atoms with E-state index >= 15 is 0 Å². The molecule has 0 amide bonds. The summed E-state index contributed by atoms with van der Waals surface area (Å²) in [5.74, 6) is 1.18. The van der Waals surface area contributed by atoms with Gasteiger partial charge in [0, 0.05) is 24.1 Å². The summed E-state index contributed by atoms with van der Waals surface area (Å²) in [4.78, 5) is 0. The van der Waals surface area contributed by atoms with Crippen molar-refractivity contribution in [2.24, 2.45) is 0 Å². The van der Waals surface area contributed by atoms with E-state index in [-0.39, 0.29) is 0 Å². The van der Waals surface area contributed by atoms with Crippen LogP contribution >= 0.6 is 0 Å². The van der Waals surface area contributed by atoms with E-state index in [9.17, 15) is 0 Å². The maximum Gasteiger partial charge on any atom is 0.108 e. The SMILES string of the molecule is CC(CCc1ccccc1)NC1CCCc2occc21. The lowest BCUT2D eigenvalue weighted by Gasteiger charge is -2.26. The highest BCUT2D eigenvalue weighted by atomic mass is 16.3. The zero-order chi connectivity index (χ0) is 13.8. The molecule has 2 nitrogen and oxygen atoms in total. The summed E-state index contributed by atoms with van der Waals surface area (Å²) in [5, 5.41) is 3.77. The lowest BCUT2D eigenvalue weighted by molar-refractivity contribution is 0.373. The quantitative estimate of drug-likeness (QED) is 0.877. The van der Waals surface area contributed by atoms with Crippen LogP contribution < -0.4 is 5.32 Å². The Morgan fingerprint density at radius 1 is 1.25 bits per heavy atom. The van der Waals surface area contributed by atoms with Gasteiger partial charge >= 0.3 is 0 Å². The van der Waals surface area contributed by atoms with Crippen molar-refractivity contribution in [1.29, 1.82) is 0 Å². The molecule has 1 aliphatic carbocycles. The molecule has 0 saturated heterocycles. The van der Waals surface area contributed by atoms with Crippen LogP contribution in [0, 0.1) is 0 Å². The molecule has 2 heteroatoms. The Balaban J connectivity index is 1.54.